The second-order valence-electron chi connectivity index (χ2n) is 7.92. The van der Waals surface area contributed by atoms with Crippen LogP contribution >= 0.6 is 0 Å². The van der Waals surface area contributed by atoms with Crippen molar-refractivity contribution in [2.45, 2.75) is 58.5 Å². The highest BCUT2D eigenvalue weighted by atomic mass is 16.3. The van der Waals surface area contributed by atoms with Crippen molar-refractivity contribution in [1.82, 2.24) is 0 Å². The molecule has 3 aliphatic carbocycles. The third-order valence-corrected chi connectivity index (χ3v) is 6.27. The van der Waals surface area contributed by atoms with Gasteiger partial charge in [-0.3, -0.25) is 4.79 Å². The Balaban J connectivity index is 2.14. The Hall–Kier alpha value is -0.930. The number of carbonyl (C=O) groups is 1. The van der Waals surface area contributed by atoms with Gasteiger partial charge in [-0.2, -0.15) is 0 Å². The highest BCUT2D eigenvalue weighted by Gasteiger charge is 2.58. The largest absolute Gasteiger partial charge is 0.395 e. The fraction of sp³-hybridized carbons (Fsp3) is 0.722. The average Bonchev–Trinajstić information content (AvgIpc) is 2.40. The maximum atomic E-state index is 12.1. The van der Waals surface area contributed by atoms with Crippen LogP contribution in [-0.2, 0) is 4.79 Å². The normalized spacial score (nSPS) is 41.8. The number of rotatable bonds is 1. The van der Waals surface area contributed by atoms with Gasteiger partial charge in [-0.25, -0.2) is 0 Å². The molecule has 0 saturated heterocycles. The number of ketones is 1. The van der Waals surface area contributed by atoms with E-state index in [2.05, 4.69) is 13.8 Å². The molecule has 0 aliphatic heterocycles. The first kappa shape index (κ1) is 15.0. The number of aliphatic hydroxyl groups is 2. The number of carbonyl (C=O) groups excluding carboxylic acids is 1. The molecule has 3 aliphatic rings. The first-order chi connectivity index (χ1) is 9.75. The zero-order chi connectivity index (χ0) is 15.5. The third kappa shape index (κ3) is 1.97. The van der Waals surface area contributed by atoms with Crippen molar-refractivity contribution < 1.29 is 15.0 Å². The van der Waals surface area contributed by atoms with Crippen LogP contribution in [0.1, 0.15) is 52.9 Å². The summed E-state index contributed by atoms with van der Waals surface area (Å²) in [4.78, 5) is 12.1. The minimum atomic E-state index is -1.04. The molecule has 2 saturated carbocycles. The van der Waals surface area contributed by atoms with Crippen LogP contribution in [0, 0.1) is 16.7 Å². The van der Waals surface area contributed by atoms with Gasteiger partial charge in [0.1, 0.15) is 5.60 Å². The molecule has 0 aromatic carbocycles. The van der Waals surface area contributed by atoms with Crippen LogP contribution < -0.4 is 0 Å². The van der Waals surface area contributed by atoms with E-state index < -0.39 is 11.0 Å². The summed E-state index contributed by atoms with van der Waals surface area (Å²) < 4.78 is 0. The lowest BCUT2D eigenvalue weighted by Crippen LogP contribution is -2.57. The topological polar surface area (TPSA) is 57.5 Å². The first-order valence-corrected chi connectivity index (χ1v) is 8.05. The maximum Gasteiger partial charge on any atom is 0.181 e. The molecule has 2 N–H and O–H groups in total. The maximum absolute atomic E-state index is 12.1. The molecule has 2 fully saturated rings. The second-order valence-corrected chi connectivity index (χ2v) is 7.92. The van der Waals surface area contributed by atoms with Gasteiger partial charge < -0.3 is 10.2 Å². The van der Waals surface area contributed by atoms with E-state index in [4.69, 9.17) is 0 Å². The Bertz CT molecular complexity index is 543. The van der Waals surface area contributed by atoms with Crippen LogP contribution in [0.3, 0.4) is 0 Å². The van der Waals surface area contributed by atoms with Crippen molar-refractivity contribution in [2.24, 2.45) is 16.7 Å². The summed E-state index contributed by atoms with van der Waals surface area (Å²) in [6.45, 7) is 6.31. The molecule has 0 heterocycles. The first-order valence-electron chi connectivity index (χ1n) is 8.05. The molecule has 0 bridgehead atoms. The van der Waals surface area contributed by atoms with Crippen molar-refractivity contribution in [1.29, 1.82) is 0 Å². The number of hydrogen-bond acceptors (Lipinski definition) is 3. The van der Waals surface area contributed by atoms with Gasteiger partial charge in [0.25, 0.3) is 0 Å². The van der Waals surface area contributed by atoms with E-state index in [9.17, 15) is 15.0 Å². The number of aliphatic hydroxyl groups excluding tert-OH is 1. The highest BCUT2D eigenvalue weighted by Crippen LogP contribution is 2.62. The second kappa shape index (κ2) is 4.53. The van der Waals surface area contributed by atoms with E-state index in [1.807, 2.05) is 0 Å². The highest BCUT2D eigenvalue weighted by molar-refractivity contribution is 6.05. The van der Waals surface area contributed by atoms with Crippen LogP contribution in [0.5, 0.6) is 0 Å². The molecule has 0 aromatic rings. The van der Waals surface area contributed by atoms with Gasteiger partial charge in [-0.1, -0.05) is 20.3 Å². The van der Waals surface area contributed by atoms with E-state index in [1.165, 1.54) is 0 Å². The molecule has 0 radical (unpaired) electrons. The predicted molar refractivity (Wildman–Crippen MR) is 81.7 cm³/mol. The van der Waals surface area contributed by atoms with Crippen molar-refractivity contribution >= 4 is 5.78 Å². The summed E-state index contributed by atoms with van der Waals surface area (Å²) in [5.74, 6) is 0.307. The smallest absolute Gasteiger partial charge is 0.181 e. The number of allylic oxidation sites excluding steroid dienone is 2. The molecule has 3 heteroatoms. The third-order valence-electron chi connectivity index (χ3n) is 6.27. The molecular formula is C18H26O3. The number of hydrogen-bond donors (Lipinski definition) is 2. The molecule has 3 nitrogen and oxygen atoms in total. The van der Waals surface area contributed by atoms with Gasteiger partial charge in [0, 0.05) is 5.41 Å². The lowest BCUT2D eigenvalue weighted by molar-refractivity contribution is -0.114. The van der Waals surface area contributed by atoms with Crippen LogP contribution in [-0.4, -0.2) is 28.2 Å². The lowest BCUT2D eigenvalue weighted by Gasteiger charge is -2.59. The minimum absolute atomic E-state index is 0.0217. The fourth-order valence-electron chi connectivity index (χ4n) is 5.24. The van der Waals surface area contributed by atoms with Gasteiger partial charge in [0.2, 0.25) is 0 Å². The summed E-state index contributed by atoms with van der Waals surface area (Å²) in [6.07, 6.45) is 7.95. The summed E-state index contributed by atoms with van der Waals surface area (Å²) >= 11 is 0. The van der Waals surface area contributed by atoms with Gasteiger partial charge >= 0.3 is 0 Å². The van der Waals surface area contributed by atoms with Gasteiger partial charge in [0.15, 0.2) is 5.78 Å². The molecule has 3 unspecified atom stereocenters. The molecular weight excluding hydrogens is 264 g/mol. The molecule has 0 spiro atoms. The standard InChI is InChI=1S/C18H26O3/c1-12-10-18(21)8-5-14-16(2,3)6-4-7-17(14,11-19)15(18)9-13(12)20/h9-10,14,19,21H,4-8,11H2,1-3H3. The lowest BCUT2D eigenvalue weighted by atomic mass is 9.46. The van der Waals surface area contributed by atoms with Gasteiger partial charge in [-0.05, 0) is 67.2 Å². The Kier molecular flexibility index (Phi) is 3.23. The molecule has 3 rings (SSSR count). The Morgan fingerprint density at radius 3 is 2.67 bits per heavy atom. The minimum Gasteiger partial charge on any atom is -0.395 e. The van der Waals surface area contributed by atoms with E-state index in [-0.39, 0.29) is 17.8 Å². The monoisotopic (exact) mass is 290 g/mol. The van der Waals surface area contributed by atoms with Crippen molar-refractivity contribution in [2.75, 3.05) is 6.61 Å². The Labute approximate surface area is 126 Å². The average molecular weight is 290 g/mol. The van der Waals surface area contributed by atoms with Crippen LogP contribution in [0.4, 0.5) is 0 Å². The summed E-state index contributed by atoms with van der Waals surface area (Å²) in [5.41, 5.74) is 0.0641. The SMILES string of the molecule is CC1=CC2(O)CCC3C(C)(C)CCCC3(CO)C2=CC1=O. The van der Waals surface area contributed by atoms with E-state index >= 15 is 0 Å². The van der Waals surface area contributed by atoms with E-state index in [1.54, 1.807) is 19.1 Å². The summed E-state index contributed by atoms with van der Waals surface area (Å²) in [5, 5.41) is 21.3. The Morgan fingerprint density at radius 2 is 2.00 bits per heavy atom. The Morgan fingerprint density at radius 1 is 1.29 bits per heavy atom. The van der Waals surface area contributed by atoms with E-state index in [0.29, 0.717) is 17.9 Å². The molecule has 0 amide bonds. The van der Waals surface area contributed by atoms with Crippen molar-refractivity contribution in [3.8, 4) is 0 Å². The van der Waals surface area contributed by atoms with Gasteiger partial charge in [-0.15, -0.1) is 0 Å². The predicted octanol–water partition coefficient (Wildman–Crippen LogP) is 2.77. The molecule has 3 atom stereocenters. The van der Waals surface area contributed by atoms with Crippen molar-refractivity contribution in [3.05, 3.63) is 23.3 Å². The summed E-state index contributed by atoms with van der Waals surface area (Å²) in [7, 11) is 0. The van der Waals surface area contributed by atoms with Crippen LogP contribution in [0.15, 0.2) is 23.3 Å². The number of fused-ring (bicyclic) bond motifs is 3. The van der Waals surface area contributed by atoms with Crippen LogP contribution in [0.25, 0.3) is 0 Å². The van der Waals surface area contributed by atoms with E-state index in [0.717, 1.165) is 31.3 Å². The van der Waals surface area contributed by atoms with Crippen LogP contribution in [0.2, 0.25) is 0 Å². The zero-order valence-electron chi connectivity index (χ0n) is 13.3. The van der Waals surface area contributed by atoms with Crippen molar-refractivity contribution in [3.63, 3.8) is 0 Å². The summed E-state index contributed by atoms with van der Waals surface area (Å²) in [6, 6.07) is 0. The molecule has 0 aromatic heterocycles. The van der Waals surface area contributed by atoms with Gasteiger partial charge in [0.05, 0.1) is 6.61 Å². The molecule has 116 valence electrons. The quantitative estimate of drug-likeness (QED) is 0.780. The zero-order valence-corrected chi connectivity index (χ0v) is 13.3. The molecule has 21 heavy (non-hydrogen) atoms. The fourth-order valence-corrected chi connectivity index (χ4v) is 5.24.